The number of benzene rings is 1. The number of piperazine rings is 1. The van der Waals surface area contributed by atoms with E-state index in [1.54, 1.807) is 0 Å². The fraction of sp³-hybridized carbons (Fsp3) is 0.625. The highest BCUT2D eigenvalue weighted by Crippen LogP contribution is 2.40. The lowest BCUT2D eigenvalue weighted by molar-refractivity contribution is -0.386. The molecule has 1 heterocycles. The van der Waals surface area contributed by atoms with E-state index < -0.39 is 22.1 Å². The molecule has 0 unspecified atom stereocenters. The molecule has 1 aliphatic rings. The third kappa shape index (κ3) is 4.33. The molecule has 1 saturated heterocycles. The normalized spacial score (nSPS) is 17.1. The first-order valence-electron chi connectivity index (χ1n) is 8.19. The van der Waals surface area contributed by atoms with E-state index in [2.05, 4.69) is 17.1 Å². The number of nitrogens with zero attached hydrogens (tertiary/aromatic N) is 2. The molecule has 1 aromatic carbocycles. The van der Waals surface area contributed by atoms with Crippen molar-refractivity contribution in [3.8, 4) is 11.5 Å². The molecule has 0 saturated carbocycles. The first-order valence-corrected chi connectivity index (χ1v) is 8.19. The van der Waals surface area contributed by atoms with E-state index in [4.69, 9.17) is 0 Å². The SMILES string of the molecule is CCCCC[C@@H](c1cc(O)c(O)c([N+](=O)[O-])c1)N1CCNCC1. The van der Waals surface area contributed by atoms with Crippen LogP contribution in [-0.4, -0.2) is 46.2 Å². The van der Waals surface area contributed by atoms with E-state index in [0.717, 1.165) is 51.9 Å². The summed E-state index contributed by atoms with van der Waals surface area (Å²) in [6.07, 6.45) is 4.12. The van der Waals surface area contributed by atoms with Crippen LogP contribution in [0.5, 0.6) is 11.5 Å². The maximum atomic E-state index is 11.1. The third-order valence-electron chi connectivity index (χ3n) is 4.35. The van der Waals surface area contributed by atoms with Crippen LogP contribution in [0.25, 0.3) is 0 Å². The van der Waals surface area contributed by atoms with Crippen molar-refractivity contribution in [2.75, 3.05) is 26.2 Å². The van der Waals surface area contributed by atoms with Gasteiger partial charge in [-0.05, 0) is 18.1 Å². The van der Waals surface area contributed by atoms with Crippen molar-refractivity contribution < 1.29 is 15.1 Å². The zero-order valence-corrected chi connectivity index (χ0v) is 13.5. The summed E-state index contributed by atoms with van der Waals surface area (Å²) in [5, 5.41) is 33.9. The minimum Gasteiger partial charge on any atom is -0.504 e. The highest BCUT2D eigenvalue weighted by atomic mass is 16.6. The summed E-state index contributed by atoms with van der Waals surface area (Å²) in [6.45, 7) is 5.64. The lowest BCUT2D eigenvalue weighted by atomic mass is 9.97. The molecule has 1 aliphatic heterocycles. The van der Waals surface area contributed by atoms with Crippen LogP contribution in [0.4, 0.5) is 5.69 Å². The van der Waals surface area contributed by atoms with Crippen molar-refractivity contribution >= 4 is 5.69 Å². The largest absolute Gasteiger partial charge is 0.504 e. The number of hydrogen-bond donors (Lipinski definition) is 3. The van der Waals surface area contributed by atoms with Gasteiger partial charge in [-0.25, -0.2) is 0 Å². The van der Waals surface area contributed by atoms with Gasteiger partial charge in [-0.1, -0.05) is 26.2 Å². The van der Waals surface area contributed by atoms with E-state index >= 15 is 0 Å². The van der Waals surface area contributed by atoms with Crippen LogP contribution in [0.1, 0.15) is 44.2 Å². The average Bonchev–Trinajstić information content (AvgIpc) is 2.55. The lowest BCUT2D eigenvalue weighted by Gasteiger charge is -2.35. The zero-order chi connectivity index (χ0) is 16.8. The quantitative estimate of drug-likeness (QED) is 0.309. The van der Waals surface area contributed by atoms with Gasteiger partial charge in [-0.3, -0.25) is 15.0 Å². The van der Waals surface area contributed by atoms with Crippen LogP contribution in [0.2, 0.25) is 0 Å². The maximum Gasteiger partial charge on any atom is 0.314 e. The standard InChI is InChI=1S/C16H25N3O4/c1-2-3-4-5-13(18-8-6-17-7-9-18)12-10-14(19(22)23)16(21)15(20)11-12/h10-11,13,17,20-21H,2-9H2,1H3/t13-/m0/s1. The monoisotopic (exact) mass is 323 g/mol. The fourth-order valence-corrected chi connectivity index (χ4v) is 3.10. The Balaban J connectivity index is 2.31. The van der Waals surface area contributed by atoms with E-state index in [1.165, 1.54) is 12.1 Å². The van der Waals surface area contributed by atoms with Gasteiger partial charge in [0.15, 0.2) is 5.75 Å². The van der Waals surface area contributed by atoms with Crippen LogP contribution in [-0.2, 0) is 0 Å². The summed E-state index contributed by atoms with van der Waals surface area (Å²) in [5.41, 5.74) is 0.264. The summed E-state index contributed by atoms with van der Waals surface area (Å²) in [4.78, 5) is 12.7. The Bertz CT molecular complexity index is 544. The van der Waals surface area contributed by atoms with Crippen LogP contribution >= 0.6 is 0 Å². The molecule has 1 fully saturated rings. The molecule has 0 radical (unpaired) electrons. The van der Waals surface area contributed by atoms with Crippen LogP contribution in [0.15, 0.2) is 12.1 Å². The van der Waals surface area contributed by atoms with Gasteiger partial charge in [0.25, 0.3) is 0 Å². The number of hydrogen-bond acceptors (Lipinski definition) is 6. The average molecular weight is 323 g/mol. The summed E-state index contributed by atoms with van der Waals surface area (Å²) in [6, 6.07) is 2.88. The number of phenols is 2. The van der Waals surface area contributed by atoms with E-state index in [1.807, 2.05) is 0 Å². The molecule has 2 rings (SSSR count). The summed E-state index contributed by atoms with van der Waals surface area (Å²) < 4.78 is 0. The Morgan fingerprint density at radius 3 is 2.61 bits per heavy atom. The maximum absolute atomic E-state index is 11.1. The van der Waals surface area contributed by atoms with Gasteiger partial charge in [-0.15, -0.1) is 0 Å². The van der Waals surface area contributed by atoms with Gasteiger partial charge >= 0.3 is 5.69 Å². The molecule has 23 heavy (non-hydrogen) atoms. The van der Waals surface area contributed by atoms with Crippen molar-refractivity contribution in [2.45, 2.75) is 38.6 Å². The van der Waals surface area contributed by atoms with Gasteiger partial charge in [-0.2, -0.15) is 0 Å². The number of nitrogens with one attached hydrogen (secondary N) is 1. The van der Waals surface area contributed by atoms with Crippen LogP contribution in [0.3, 0.4) is 0 Å². The van der Waals surface area contributed by atoms with Gasteiger partial charge in [0.1, 0.15) is 0 Å². The molecule has 0 aliphatic carbocycles. The zero-order valence-electron chi connectivity index (χ0n) is 13.5. The second-order valence-electron chi connectivity index (χ2n) is 5.96. The summed E-state index contributed by atoms with van der Waals surface area (Å²) >= 11 is 0. The van der Waals surface area contributed by atoms with Crippen molar-refractivity contribution in [2.24, 2.45) is 0 Å². The topological polar surface area (TPSA) is 98.9 Å². The second kappa shape index (κ2) is 8.12. The van der Waals surface area contributed by atoms with E-state index in [9.17, 15) is 20.3 Å². The molecule has 1 atom stereocenters. The predicted molar refractivity (Wildman–Crippen MR) is 87.8 cm³/mol. The van der Waals surface area contributed by atoms with Crippen molar-refractivity contribution in [1.29, 1.82) is 0 Å². The van der Waals surface area contributed by atoms with Gasteiger partial charge in [0.2, 0.25) is 5.75 Å². The molecule has 128 valence electrons. The number of nitro groups is 1. The first-order chi connectivity index (χ1) is 11.0. The Morgan fingerprint density at radius 2 is 2.00 bits per heavy atom. The molecular formula is C16H25N3O4. The minimum atomic E-state index is -0.661. The molecule has 3 N–H and O–H groups in total. The smallest absolute Gasteiger partial charge is 0.314 e. The number of aromatic hydroxyl groups is 2. The Hall–Kier alpha value is -1.86. The Morgan fingerprint density at radius 1 is 1.30 bits per heavy atom. The Kier molecular flexibility index (Phi) is 6.18. The van der Waals surface area contributed by atoms with Crippen LogP contribution in [0, 0.1) is 10.1 Å². The number of rotatable bonds is 7. The molecule has 0 amide bonds. The predicted octanol–water partition coefficient (Wildman–Crippen LogP) is 2.53. The molecule has 7 nitrogen and oxygen atoms in total. The van der Waals surface area contributed by atoms with E-state index in [0.29, 0.717) is 5.56 Å². The summed E-state index contributed by atoms with van der Waals surface area (Å²) in [7, 11) is 0. The van der Waals surface area contributed by atoms with Crippen molar-refractivity contribution in [3.05, 3.63) is 27.8 Å². The van der Waals surface area contributed by atoms with E-state index in [-0.39, 0.29) is 6.04 Å². The molecule has 1 aromatic rings. The van der Waals surface area contributed by atoms with Crippen LogP contribution < -0.4 is 5.32 Å². The molecule has 7 heteroatoms. The van der Waals surface area contributed by atoms with Gasteiger partial charge < -0.3 is 15.5 Å². The third-order valence-corrected chi connectivity index (χ3v) is 4.35. The fourth-order valence-electron chi connectivity index (χ4n) is 3.10. The number of phenolic OH excluding ortho intramolecular Hbond substituents is 2. The Labute approximate surface area is 136 Å². The molecule has 0 bridgehead atoms. The van der Waals surface area contributed by atoms with Crippen molar-refractivity contribution in [3.63, 3.8) is 0 Å². The molecular weight excluding hydrogens is 298 g/mol. The number of nitro benzene ring substituents is 1. The van der Waals surface area contributed by atoms with Gasteiger partial charge in [0, 0.05) is 38.3 Å². The minimum absolute atomic E-state index is 0.0221. The highest BCUT2D eigenvalue weighted by molar-refractivity contribution is 5.57. The van der Waals surface area contributed by atoms with Crippen molar-refractivity contribution in [1.82, 2.24) is 10.2 Å². The summed E-state index contributed by atoms with van der Waals surface area (Å²) in [5.74, 6) is -1.09. The first kappa shape index (κ1) is 17.5. The number of unbranched alkanes of at least 4 members (excludes halogenated alkanes) is 2. The van der Waals surface area contributed by atoms with Gasteiger partial charge in [0.05, 0.1) is 4.92 Å². The highest BCUT2D eigenvalue weighted by Gasteiger charge is 2.26. The lowest BCUT2D eigenvalue weighted by Crippen LogP contribution is -2.45. The molecule has 0 spiro atoms. The second-order valence-corrected chi connectivity index (χ2v) is 5.96. The molecule has 0 aromatic heterocycles.